The summed E-state index contributed by atoms with van der Waals surface area (Å²) in [6.45, 7) is 8.53. The van der Waals surface area contributed by atoms with Gasteiger partial charge in [0.05, 0.1) is 5.56 Å². The number of nitrogens with one attached hydrogen (secondary N) is 1. The molecule has 2 aromatic rings. The summed E-state index contributed by atoms with van der Waals surface area (Å²) in [7, 11) is 0. The first-order chi connectivity index (χ1) is 9.58. The Morgan fingerprint density at radius 3 is 2.65 bits per heavy atom. The molecule has 0 saturated heterocycles. The molecule has 0 radical (unpaired) electrons. The highest BCUT2D eigenvalue weighted by Gasteiger charge is 2.10. The number of pyridine rings is 1. The van der Waals surface area contributed by atoms with Crippen molar-refractivity contribution in [2.75, 3.05) is 5.32 Å². The molecule has 20 heavy (non-hydrogen) atoms. The molecule has 2 heterocycles. The molecule has 0 aliphatic heterocycles. The molecule has 2 rings (SSSR count). The molecule has 0 saturated carbocycles. The summed E-state index contributed by atoms with van der Waals surface area (Å²) in [4.78, 5) is 8.76. The third-order valence-electron chi connectivity index (χ3n) is 3.08. The van der Waals surface area contributed by atoms with Gasteiger partial charge in [0, 0.05) is 18.7 Å². The lowest BCUT2D eigenvalue weighted by molar-refractivity contribution is 0.417. The van der Waals surface area contributed by atoms with E-state index in [4.69, 9.17) is 4.52 Å². The van der Waals surface area contributed by atoms with Gasteiger partial charge >= 0.3 is 0 Å². The molecule has 0 fully saturated rings. The average molecular weight is 274 g/mol. The molecule has 1 atom stereocenters. The Labute approximate surface area is 119 Å². The Bertz CT molecular complexity index is 533. The predicted octanol–water partition coefficient (Wildman–Crippen LogP) is 3.54. The molecular weight excluding hydrogens is 252 g/mol. The lowest BCUT2D eigenvalue weighted by Crippen LogP contribution is -2.14. The van der Waals surface area contributed by atoms with Crippen molar-refractivity contribution >= 4 is 5.82 Å². The lowest BCUT2D eigenvalue weighted by Gasteiger charge is -2.11. The van der Waals surface area contributed by atoms with Gasteiger partial charge in [0.1, 0.15) is 5.82 Å². The standard InChI is InChI=1S/C15H22N4O/c1-5-11(4)17-13-7-6-12(9-16-13)15-18-14(19-20-15)8-10(2)3/h6-7,9-11H,5,8H2,1-4H3,(H,16,17). The van der Waals surface area contributed by atoms with Gasteiger partial charge in [-0.1, -0.05) is 25.9 Å². The van der Waals surface area contributed by atoms with Crippen molar-refractivity contribution in [2.24, 2.45) is 5.92 Å². The largest absolute Gasteiger partial charge is 0.368 e. The molecule has 2 aromatic heterocycles. The quantitative estimate of drug-likeness (QED) is 0.872. The van der Waals surface area contributed by atoms with Crippen molar-refractivity contribution in [1.29, 1.82) is 0 Å². The van der Waals surface area contributed by atoms with Crippen LogP contribution in [0.3, 0.4) is 0 Å². The summed E-state index contributed by atoms with van der Waals surface area (Å²) in [5.41, 5.74) is 0.849. The van der Waals surface area contributed by atoms with E-state index in [-0.39, 0.29) is 0 Å². The molecule has 0 aromatic carbocycles. The van der Waals surface area contributed by atoms with E-state index in [1.54, 1.807) is 6.20 Å². The minimum atomic E-state index is 0.411. The van der Waals surface area contributed by atoms with E-state index in [1.165, 1.54) is 0 Å². The van der Waals surface area contributed by atoms with Crippen molar-refractivity contribution in [3.8, 4) is 11.5 Å². The summed E-state index contributed by atoms with van der Waals surface area (Å²) < 4.78 is 5.27. The van der Waals surface area contributed by atoms with Crippen molar-refractivity contribution in [2.45, 2.75) is 46.6 Å². The molecular formula is C15H22N4O. The van der Waals surface area contributed by atoms with Gasteiger partial charge in [-0.3, -0.25) is 0 Å². The maximum atomic E-state index is 5.27. The first-order valence-electron chi connectivity index (χ1n) is 7.14. The third kappa shape index (κ3) is 3.79. The highest BCUT2D eigenvalue weighted by molar-refractivity contribution is 5.54. The first kappa shape index (κ1) is 14.5. The van der Waals surface area contributed by atoms with Crippen LogP contribution in [-0.2, 0) is 6.42 Å². The second-order valence-electron chi connectivity index (χ2n) is 5.50. The highest BCUT2D eigenvalue weighted by Crippen LogP contribution is 2.19. The first-order valence-corrected chi connectivity index (χ1v) is 7.14. The fraction of sp³-hybridized carbons (Fsp3) is 0.533. The molecule has 5 heteroatoms. The van der Waals surface area contributed by atoms with Crippen LogP contribution in [0.25, 0.3) is 11.5 Å². The molecule has 5 nitrogen and oxygen atoms in total. The van der Waals surface area contributed by atoms with Gasteiger partial charge in [-0.2, -0.15) is 4.98 Å². The fourth-order valence-electron chi connectivity index (χ4n) is 1.78. The van der Waals surface area contributed by atoms with Gasteiger partial charge in [-0.25, -0.2) is 4.98 Å². The van der Waals surface area contributed by atoms with Gasteiger partial charge in [0.2, 0.25) is 0 Å². The summed E-state index contributed by atoms with van der Waals surface area (Å²) in [6.07, 6.45) is 3.65. The number of hydrogen-bond acceptors (Lipinski definition) is 5. The molecule has 0 spiro atoms. The number of rotatable bonds is 6. The van der Waals surface area contributed by atoms with Gasteiger partial charge in [-0.15, -0.1) is 0 Å². The summed E-state index contributed by atoms with van der Waals surface area (Å²) >= 11 is 0. The van der Waals surface area contributed by atoms with E-state index in [0.29, 0.717) is 17.9 Å². The van der Waals surface area contributed by atoms with Gasteiger partial charge in [0.15, 0.2) is 5.82 Å². The molecule has 0 amide bonds. The van der Waals surface area contributed by atoms with Crippen LogP contribution in [0.5, 0.6) is 0 Å². The van der Waals surface area contributed by atoms with E-state index >= 15 is 0 Å². The zero-order chi connectivity index (χ0) is 14.5. The Morgan fingerprint density at radius 2 is 2.05 bits per heavy atom. The van der Waals surface area contributed by atoms with E-state index in [1.807, 2.05) is 12.1 Å². The monoisotopic (exact) mass is 274 g/mol. The summed E-state index contributed by atoms with van der Waals surface area (Å²) in [5.74, 6) is 2.66. The van der Waals surface area contributed by atoms with Gasteiger partial charge < -0.3 is 9.84 Å². The summed E-state index contributed by atoms with van der Waals surface area (Å²) in [5, 5.41) is 7.31. The molecule has 108 valence electrons. The SMILES string of the molecule is CCC(C)Nc1ccc(-c2nc(CC(C)C)no2)cn1. The van der Waals surface area contributed by atoms with Gasteiger partial charge in [-0.05, 0) is 31.4 Å². The normalized spacial score (nSPS) is 12.7. The topological polar surface area (TPSA) is 63.8 Å². The highest BCUT2D eigenvalue weighted by atomic mass is 16.5. The lowest BCUT2D eigenvalue weighted by atomic mass is 10.1. The molecule has 0 aliphatic rings. The smallest absolute Gasteiger partial charge is 0.259 e. The minimum Gasteiger partial charge on any atom is -0.368 e. The van der Waals surface area contributed by atoms with Crippen molar-refractivity contribution < 1.29 is 4.52 Å². The van der Waals surface area contributed by atoms with Gasteiger partial charge in [0.25, 0.3) is 5.89 Å². The van der Waals surface area contributed by atoms with Crippen LogP contribution in [0.1, 0.15) is 39.9 Å². The van der Waals surface area contributed by atoms with E-state index in [2.05, 4.69) is 48.1 Å². The van der Waals surface area contributed by atoms with E-state index in [0.717, 1.165) is 30.0 Å². The zero-order valence-electron chi connectivity index (χ0n) is 12.6. The third-order valence-corrected chi connectivity index (χ3v) is 3.08. The molecule has 1 N–H and O–H groups in total. The molecule has 0 bridgehead atoms. The second kappa shape index (κ2) is 6.50. The van der Waals surface area contributed by atoms with Crippen molar-refractivity contribution in [3.63, 3.8) is 0 Å². The van der Waals surface area contributed by atoms with Crippen LogP contribution in [0, 0.1) is 5.92 Å². The number of hydrogen-bond donors (Lipinski definition) is 1. The Kier molecular flexibility index (Phi) is 4.71. The van der Waals surface area contributed by atoms with E-state index in [9.17, 15) is 0 Å². The van der Waals surface area contributed by atoms with E-state index < -0.39 is 0 Å². The maximum Gasteiger partial charge on any atom is 0.259 e. The second-order valence-corrected chi connectivity index (χ2v) is 5.50. The van der Waals surface area contributed by atoms with Crippen LogP contribution in [0.4, 0.5) is 5.82 Å². The van der Waals surface area contributed by atoms with Crippen LogP contribution in [0.2, 0.25) is 0 Å². The number of nitrogens with zero attached hydrogens (tertiary/aromatic N) is 3. The summed E-state index contributed by atoms with van der Waals surface area (Å²) in [6, 6.07) is 4.30. The van der Waals surface area contributed by atoms with Crippen LogP contribution in [0.15, 0.2) is 22.9 Å². The predicted molar refractivity (Wildman–Crippen MR) is 79.4 cm³/mol. The fourth-order valence-corrected chi connectivity index (χ4v) is 1.78. The van der Waals surface area contributed by atoms with Crippen LogP contribution in [-0.4, -0.2) is 21.2 Å². The van der Waals surface area contributed by atoms with Crippen LogP contribution < -0.4 is 5.32 Å². The van der Waals surface area contributed by atoms with Crippen LogP contribution >= 0.6 is 0 Å². The molecule has 0 aliphatic carbocycles. The number of anilines is 1. The minimum absolute atomic E-state index is 0.411. The zero-order valence-corrected chi connectivity index (χ0v) is 12.6. The molecule has 1 unspecified atom stereocenters. The average Bonchev–Trinajstić information content (AvgIpc) is 2.87. The van der Waals surface area contributed by atoms with Crippen molar-refractivity contribution in [3.05, 3.63) is 24.2 Å². The van der Waals surface area contributed by atoms with Crippen molar-refractivity contribution in [1.82, 2.24) is 15.1 Å². The maximum absolute atomic E-state index is 5.27. The number of aromatic nitrogens is 3. The Balaban J connectivity index is 2.07. The Morgan fingerprint density at radius 1 is 1.25 bits per heavy atom. The Hall–Kier alpha value is -1.91.